The third-order valence-electron chi connectivity index (χ3n) is 2.39. The van der Waals surface area contributed by atoms with E-state index in [9.17, 15) is 10.1 Å². The highest BCUT2D eigenvalue weighted by atomic mass is 32.2. The minimum absolute atomic E-state index is 0.0311. The lowest BCUT2D eigenvalue weighted by Gasteiger charge is -2.03. The fraction of sp³-hybridized carbons (Fsp3) is 0.200. The Morgan fingerprint density at radius 1 is 1.39 bits per heavy atom. The van der Waals surface area contributed by atoms with Gasteiger partial charge in [0.05, 0.1) is 4.92 Å². The summed E-state index contributed by atoms with van der Waals surface area (Å²) in [5.74, 6) is 0.774. The first-order valence-electron chi connectivity index (χ1n) is 5.06. The van der Waals surface area contributed by atoms with Crippen LogP contribution in [0.3, 0.4) is 0 Å². The second kappa shape index (κ2) is 4.65. The predicted octanol–water partition coefficient (Wildman–Crippen LogP) is 1.77. The predicted molar refractivity (Wildman–Crippen MR) is 67.4 cm³/mol. The van der Waals surface area contributed by atoms with Crippen molar-refractivity contribution in [2.45, 2.75) is 17.0 Å². The molecular weight excluding hydrogens is 254 g/mol. The van der Waals surface area contributed by atoms with Crippen molar-refractivity contribution in [1.82, 2.24) is 14.8 Å². The highest BCUT2D eigenvalue weighted by Crippen LogP contribution is 2.30. The Kier molecular flexibility index (Phi) is 3.19. The average molecular weight is 265 g/mol. The number of benzene rings is 1. The molecule has 18 heavy (non-hydrogen) atoms. The molecule has 8 heteroatoms. The fourth-order valence-corrected chi connectivity index (χ4v) is 2.29. The van der Waals surface area contributed by atoms with Gasteiger partial charge < -0.3 is 10.3 Å². The molecule has 1 aromatic carbocycles. The Bertz CT molecular complexity index is 610. The number of hydrogen-bond acceptors (Lipinski definition) is 6. The number of rotatable bonds is 3. The van der Waals surface area contributed by atoms with E-state index in [0.29, 0.717) is 15.7 Å². The van der Waals surface area contributed by atoms with Gasteiger partial charge in [-0.05, 0) is 24.8 Å². The summed E-state index contributed by atoms with van der Waals surface area (Å²) in [6.45, 7) is 1.83. The van der Waals surface area contributed by atoms with Crippen molar-refractivity contribution in [3.05, 3.63) is 34.1 Å². The van der Waals surface area contributed by atoms with Gasteiger partial charge in [-0.15, -0.1) is 10.2 Å². The Morgan fingerprint density at radius 2 is 2.11 bits per heavy atom. The van der Waals surface area contributed by atoms with Crippen LogP contribution >= 0.6 is 11.8 Å². The zero-order valence-corrected chi connectivity index (χ0v) is 10.6. The van der Waals surface area contributed by atoms with Gasteiger partial charge >= 0.3 is 0 Å². The molecule has 0 aliphatic carbocycles. The van der Waals surface area contributed by atoms with Gasteiger partial charge in [0, 0.05) is 29.8 Å². The first-order chi connectivity index (χ1) is 8.47. The molecule has 0 amide bonds. The lowest BCUT2D eigenvalue weighted by atomic mass is 10.3. The smallest absolute Gasteiger partial charge is 0.272 e. The summed E-state index contributed by atoms with van der Waals surface area (Å²) >= 11 is 1.29. The molecule has 2 rings (SSSR count). The van der Waals surface area contributed by atoms with Crippen molar-refractivity contribution >= 4 is 23.1 Å². The third kappa shape index (κ3) is 2.43. The summed E-state index contributed by atoms with van der Waals surface area (Å²) in [5, 5.41) is 19.3. The number of anilines is 1. The molecule has 2 N–H and O–H groups in total. The average Bonchev–Trinajstić information content (AvgIpc) is 2.60. The number of non-ortho nitro benzene ring substituents is 1. The Hall–Kier alpha value is -2.09. The number of hydrogen-bond donors (Lipinski definition) is 1. The fourth-order valence-electron chi connectivity index (χ4n) is 1.35. The van der Waals surface area contributed by atoms with E-state index in [2.05, 4.69) is 10.2 Å². The Morgan fingerprint density at radius 3 is 2.67 bits per heavy atom. The number of aromatic nitrogens is 3. The molecule has 0 saturated carbocycles. The quantitative estimate of drug-likeness (QED) is 0.515. The lowest BCUT2D eigenvalue weighted by molar-refractivity contribution is -0.385. The zero-order chi connectivity index (χ0) is 13.3. The van der Waals surface area contributed by atoms with E-state index < -0.39 is 4.92 Å². The van der Waals surface area contributed by atoms with Crippen LogP contribution in [0, 0.1) is 17.0 Å². The standard InChI is InChI=1S/C10H11N5O2S/c1-6-12-13-10(14(6)2)18-9-4-7(11)3-8(5-9)15(16)17/h3-5H,11H2,1-2H3. The molecule has 0 bridgehead atoms. The summed E-state index contributed by atoms with van der Waals surface area (Å²) in [5.41, 5.74) is 5.95. The van der Waals surface area contributed by atoms with Crippen molar-refractivity contribution in [3.63, 3.8) is 0 Å². The lowest BCUT2D eigenvalue weighted by Crippen LogP contribution is -1.95. The van der Waals surface area contributed by atoms with Gasteiger partial charge in [-0.2, -0.15) is 0 Å². The molecule has 0 fully saturated rings. The van der Waals surface area contributed by atoms with Crippen LogP contribution in [0.5, 0.6) is 0 Å². The number of nitrogens with two attached hydrogens (primary N) is 1. The van der Waals surface area contributed by atoms with Gasteiger partial charge in [0.1, 0.15) is 5.82 Å². The number of nitro benzene ring substituents is 1. The highest BCUT2D eigenvalue weighted by Gasteiger charge is 2.12. The minimum atomic E-state index is -0.470. The zero-order valence-electron chi connectivity index (χ0n) is 9.82. The molecule has 0 saturated heterocycles. The van der Waals surface area contributed by atoms with Gasteiger partial charge in [0.25, 0.3) is 5.69 Å². The first-order valence-corrected chi connectivity index (χ1v) is 5.88. The molecule has 0 spiro atoms. The van der Waals surface area contributed by atoms with Crippen LogP contribution in [-0.4, -0.2) is 19.7 Å². The van der Waals surface area contributed by atoms with Crippen molar-refractivity contribution in [1.29, 1.82) is 0 Å². The molecule has 1 heterocycles. The number of nitrogens with zero attached hydrogens (tertiary/aromatic N) is 4. The van der Waals surface area contributed by atoms with E-state index in [1.165, 1.54) is 23.9 Å². The number of nitro groups is 1. The Balaban J connectivity index is 2.34. The van der Waals surface area contributed by atoms with Crippen LogP contribution in [0.4, 0.5) is 11.4 Å². The molecule has 0 unspecified atom stereocenters. The molecule has 0 atom stereocenters. The number of nitrogen functional groups attached to an aromatic ring is 1. The maximum Gasteiger partial charge on any atom is 0.272 e. The van der Waals surface area contributed by atoms with Gasteiger partial charge in [-0.25, -0.2) is 0 Å². The minimum Gasteiger partial charge on any atom is -0.398 e. The summed E-state index contributed by atoms with van der Waals surface area (Å²) in [6, 6.07) is 4.46. The second-order valence-corrected chi connectivity index (χ2v) is 4.75. The largest absolute Gasteiger partial charge is 0.398 e. The van der Waals surface area contributed by atoms with E-state index in [4.69, 9.17) is 5.73 Å². The molecular formula is C10H11N5O2S. The van der Waals surface area contributed by atoms with E-state index >= 15 is 0 Å². The maximum atomic E-state index is 10.7. The van der Waals surface area contributed by atoms with Gasteiger partial charge in [0.15, 0.2) is 5.16 Å². The van der Waals surface area contributed by atoms with Crippen LogP contribution in [0.1, 0.15) is 5.82 Å². The van der Waals surface area contributed by atoms with E-state index in [1.54, 1.807) is 10.6 Å². The molecule has 7 nitrogen and oxygen atoms in total. The molecule has 1 aromatic heterocycles. The van der Waals surface area contributed by atoms with Crippen LogP contribution in [0.2, 0.25) is 0 Å². The van der Waals surface area contributed by atoms with Crippen molar-refractivity contribution in [2.75, 3.05) is 5.73 Å². The molecule has 0 radical (unpaired) electrons. The van der Waals surface area contributed by atoms with Crippen LogP contribution in [0.25, 0.3) is 0 Å². The summed E-state index contributed by atoms with van der Waals surface area (Å²) in [6.07, 6.45) is 0. The molecule has 0 aliphatic rings. The first kappa shape index (κ1) is 12.4. The van der Waals surface area contributed by atoms with Crippen LogP contribution in [-0.2, 0) is 7.05 Å². The molecule has 2 aromatic rings. The maximum absolute atomic E-state index is 10.7. The SMILES string of the molecule is Cc1nnc(Sc2cc(N)cc([N+](=O)[O-])c2)n1C. The topological polar surface area (TPSA) is 99.9 Å². The van der Waals surface area contributed by atoms with Gasteiger partial charge in [-0.1, -0.05) is 0 Å². The van der Waals surface area contributed by atoms with Crippen molar-refractivity contribution in [2.24, 2.45) is 7.05 Å². The summed E-state index contributed by atoms with van der Waals surface area (Å²) < 4.78 is 1.81. The van der Waals surface area contributed by atoms with E-state index in [0.717, 1.165) is 5.82 Å². The molecule has 0 aliphatic heterocycles. The summed E-state index contributed by atoms with van der Waals surface area (Å²) in [7, 11) is 1.83. The normalized spacial score (nSPS) is 10.6. The van der Waals surface area contributed by atoms with Gasteiger partial charge in [-0.3, -0.25) is 10.1 Å². The van der Waals surface area contributed by atoms with E-state index in [-0.39, 0.29) is 5.69 Å². The van der Waals surface area contributed by atoms with E-state index in [1.807, 2.05) is 14.0 Å². The van der Waals surface area contributed by atoms with Crippen molar-refractivity contribution < 1.29 is 4.92 Å². The molecule has 94 valence electrons. The van der Waals surface area contributed by atoms with Crippen LogP contribution in [0.15, 0.2) is 28.3 Å². The van der Waals surface area contributed by atoms with Crippen LogP contribution < -0.4 is 5.73 Å². The van der Waals surface area contributed by atoms with Gasteiger partial charge in [0.2, 0.25) is 0 Å². The Labute approximate surface area is 107 Å². The monoisotopic (exact) mass is 265 g/mol. The highest BCUT2D eigenvalue weighted by molar-refractivity contribution is 7.99. The third-order valence-corrected chi connectivity index (χ3v) is 3.40. The summed E-state index contributed by atoms with van der Waals surface area (Å²) in [4.78, 5) is 10.9. The number of aryl methyl sites for hydroxylation is 1. The van der Waals surface area contributed by atoms with Crippen molar-refractivity contribution in [3.8, 4) is 0 Å². The second-order valence-electron chi connectivity index (χ2n) is 3.71.